The van der Waals surface area contributed by atoms with Crippen LogP contribution in [0.1, 0.15) is 32.1 Å². The average Bonchev–Trinajstić information content (AvgIpc) is 2.61. The Morgan fingerprint density at radius 2 is 1.17 bits per heavy atom. The number of aryl methyl sites for hydroxylation is 2. The van der Waals surface area contributed by atoms with Gasteiger partial charge in [0.15, 0.2) is 24.8 Å². The number of aromatic nitrogens is 2. The van der Waals surface area contributed by atoms with Crippen molar-refractivity contribution >= 4 is 10.8 Å². The summed E-state index contributed by atoms with van der Waals surface area (Å²) >= 11 is 0. The van der Waals surface area contributed by atoms with E-state index in [4.69, 9.17) is 0 Å². The van der Waals surface area contributed by atoms with Crippen LogP contribution < -0.4 is 9.13 Å². The summed E-state index contributed by atoms with van der Waals surface area (Å²) in [6.07, 6.45) is 15.3. The van der Waals surface area contributed by atoms with Gasteiger partial charge >= 0.3 is 0 Å². The summed E-state index contributed by atoms with van der Waals surface area (Å²) in [4.78, 5) is 0. The largest absolute Gasteiger partial charge is 0.205 e. The van der Waals surface area contributed by atoms with E-state index in [-0.39, 0.29) is 0 Å². The zero-order chi connectivity index (χ0) is 15.7. The van der Waals surface area contributed by atoms with Gasteiger partial charge in [-0.15, -0.1) is 0 Å². The second-order valence-electron chi connectivity index (χ2n) is 6.19. The molecular weight excluding hydrogens is 280 g/mol. The number of hydrogen-bond acceptors (Lipinski definition) is 0. The summed E-state index contributed by atoms with van der Waals surface area (Å²) in [5.74, 6) is 0. The molecule has 3 rings (SSSR count). The molecule has 0 saturated carbocycles. The highest BCUT2D eigenvalue weighted by Gasteiger charge is 2.03. The lowest BCUT2D eigenvalue weighted by Crippen LogP contribution is -2.32. The predicted octanol–water partition coefficient (Wildman–Crippen LogP) is 4.07. The van der Waals surface area contributed by atoms with Crippen molar-refractivity contribution in [2.24, 2.45) is 0 Å². The molecule has 2 heteroatoms. The summed E-state index contributed by atoms with van der Waals surface area (Å²) in [7, 11) is 0. The molecule has 0 bridgehead atoms. The molecule has 0 aliphatic heterocycles. The van der Waals surface area contributed by atoms with Crippen molar-refractivity contribution in [2.75, 3.05) is 0 Å². The predicted molar refractivity (Wildman–Crippen MR) is 93.9 cm³/mol. The van der Waals surface area contributed by atoms with Crippen molar-refractivity contribution in [2.45, 2.75) is 45.2 Å². The van der Waals surface area contributed by atoms with Gasteiger partial charge in [0.25, 0.3) is 0 Å². The monoisotopic (exact) mass is 306 g/mol. The fourth-order valence-electron chi connectivity index (χ4n) is 3.02. The first-order valence-corrected chi connectivity index (χ1v) is 8.74. The molecular formula is C21H26N2+2. The summed E-state index contributed by atoms with van der Waals surface area (Å²) in [5, 5.41) is 2.65. The lowest BCUT2D eigenvalue weighted by Gasteiger charge is -2.01. The molecule has 118 valence electrons. The number of benzene rings is 1. The Morgan fingerprint density at radius 1 is 0.522 bits per heavy atom. The third-order valence-corrected chi connectivity index (χ3v) is 4.36. The number of rotatable bonds is 8. The van der Waals surface area contributed by atoms with Gasteiger partial charge in [0, 0.05) is 36.4 Å². The minimum absolute atomic E-state index is 1.12. The van der Waals surface area contributed by atoms with Crippen LogP contribution in [0.3, 0.4) is 0 Å². The molecule has 0 unspecified atom stereocenters. The molecule has 23 heavy (non-hydrogen) atoms. The number of unbranched alkanes of at least 4 members (excludes halogenated alkanes) is 4. The van der Waals surface area contributed by atoms with Crippen molar-refractivity contribution in [3.8, 4) is 0 Å². The molecule has 0 atom stereocenters. The van der Waals surface area contributed by atoms with Crippen molar-refractivity contribution in [3.05, 3.63) is 73.3 Å². The molecule has 2 heterocycles. The van der Waals surface area contributed by atoms with Gasteiger partial charge in [-0.25, -0.2) is 9.13 Å². The van der Waals surface area contributed by atoms with Crippen LogP contribution in [0.4, 0.5) is 0 Å². The number of fused-ring (bicyclic) bond motifs is 1. The SMILES string of the molecule is c1cc[n+](CCCCCCC[n+]2ccc3ccccc3c2)cc1. The van der Waals surface area contributed by atoms with E-state index in [9.17, 15) is 0 Å². The average molecular weight is 306 g/mol. The maximum Gasteiger partial charge on any atom is 0.176 e. The number of hydrogen-bond donors (Lipinski definition) is 0. The smallest absolute Gasteiger partial charge is 0.176 e. The minimum Gasteiger partial charge on any atom is -0.205 e. The van der Waals surface area contributed by atoms with E-state index in [1.54, 1.807) is 0 Å². The lowest BCUT2D eigenvalue weighted by molar-refractivity contribution is -0.697. The van der Waals surface area contributed by atoms with Gasteiger partial charge in [-0.2, -0.15) is 0 Å². The van der Waals surface area contributed by atoms with Crippen molar-refractivity contribution in [1.29, 1.82) is 0 Å². The van der Waals surface area contributed by atoms with E-state index >= 15 is 0 Å². The third-order valence-electron chi connectivity index (χ3n) is 4.36. The second kappa shape index (κ2) is 8.42. The molecule has 1 aromatic carbocycles. The van der Waals surface area contributed by atoms with Gasteiger partial charge in [-0.05, 0) is 24.3 Å². The number of nitrogens with zero attached hydrogens (tertiary/aromatic N) is 2. The summed E-state index contributed by atoms with van der Waals surface area (Å²) in [6, 6.07) is 17.0. The molecule has 0 spiro atoms. The van der Waals surface area contributed by atoms with Crippen molar-refractivity contribution in [3.63, 3.8) is 0 Å². The van der Waals surface area contributed by atoms with Crippen LogP contribution in [0.25, 0.3) is 10.8 Å². The fourth-order valence-corrected chi connectivity index (χ4v) is 3.02. The highest BCUT2D eigenvalue weighted by Crippen LogP contribution is 2.10. The Balaban J connectivity index is 1.33. The van der Waals surface area contributed by atoms with Crippen LogP contribution >= 0.6 is 0 Å². The van der Waals surface area contributed by atoms with Gasteiger partial charge in [0.05, 0.1) is 0 Å². The summed E-state index contributed by atoms with van der Waals surface area (Å²) in [6.45, 7) is 2.26. The van der Waals surface area contributed by atoms with E-state index in [2.05, 4.69) is 82.5 Å². The lowest BCUT2D eigenvalue weighted by atomic mass is 10.1. The van der Waals surface area contributed by atoms with Gasteiger partial charge in [0.2, 0.25) is 0 Å². The Hall–Kier alpha value is -2.22. The van der Waals surface area contributed by atoms with E-state index in [1.807, 2.05) is 0 Å². The van der Waals surface area contributed by atoms with Gasteiger partial charge in [0.1, 0.15) is 13.1 Å². The minimum atomic E-state index is 1.12. The van der Waals surface area contributed by atoms with Gasteiger partial charge in [-0.3, -0.25) is 0 Å². The molecule has 0 N–H and O–H groups in total. The molecule has 0 aliphatic carbocycles. The Bertz CT molecular complexity index is 722. The van der Waals surface area contributed by atoms with Crippen LogP contribution in [0.5, 0.6) is 0 Å². The molecule has 0 radical (unpaired) electrons. The van der Waals surface area contributed by atoms with E-state index in [0.717, 1.165) is 13.1 Å². The topological polar surface area (TPSA) is 7.76 Å². The first-order valence-electron chi connectivity index (χ1n) is 8.74. The molecule has 3 aromatic rings. The highest BCUT2D eigenvalue weighted by atomic mass is 14.9. The van der Waals surface area contributed by atoms with Gasteiger partial charge < -0.3 is 0 Å². The second-order valence-corrected chi connectivity index (χ2v) is 6.19. The van der Waals surface area contributed by atoms with Crippen molar-refractivity contribution in [1.82, 2.24) is 0 Å². The maximum atomic E-state index is 2.32. The van der Waals surface area contributed by atoms with Crippen molar-refractivity contribution < 1.29 is 9.13 Å². The quantitative estimate of drug-likeness (QED) is 0.438. The maximum absolute atomic E-state index is 2.32. The van der Waals surface area contributed by atoms with E-state index in [0.29, 0.717) is 0 Å². The first kappa shape index (κ1) is 15.7. The normalized spacial score (nSPS) is 11.0. The number of pyridine rings is 2. The zero-order valence-electron chi connectivity index (χ0n) is 13.8. The van der Waals surface area contributed by atoms with Crippen LogP contribution in [0, 0.1) is 0 Å². The molecule has 0 amide bonds. The molecule has 2 nitrogen and oxygen atoms in total. The van der Waals surface area contributed by atoms with E-state index < -0.39 is 0 Å². The third kappa shape index (κ3) is 4.88. The van der Waals surface area contributed by atoms with Crippen LogP contribution in [0.15, 0.2) is 73.3 Å². The zero-order valence-corrected chi connectivity index (χ0v) is 13.8. The molecule has 0 fully saturated rings. The fraction of sp³-hybridized carbons (Fsp3) is 0.333. The Labute approximate surface area is 139 Å². The van der Waals surface area contributed by atoms with Gasteiger partial charge in [-0.1, -0.05) is 30.7 Å². The summed E-state index contributed by atoms with van der Waals surface area (Å²) in [5.41, 5.74) is 0. The molecule has 0 aliphatic rings. The standard InChI is InChI=1S/C21H26N2/c1(2-7-14-22-15-9-4-10-16-22)3-8-17-23-18-13-20-11-5-6-12-21(20)19-23/h4-6,9-13,15-16,18-19H,1-3,7-8,14,17H2/q+2. The molecule has 2 aromatic heterocycles. The Kier molecular flexibility index (Phi) is 5.74. The summed E-state index contributed by atoms with van der Waals surface area (Å²) < 4.78 is 4.59. The van der Waals surface area contributed by atoms with Crippen LogP contribution in [0.2, 0.25) is 0 Å². The first-order chi connectivity index (χ1) is 11.4. The Morgan fingerprint density at radius 3 is 1.96 bits per heavy atom. The highest BCUT2D eigenvalue weighted by molar-refractivity contribution is 5.80. The van der Waals surface area contributed by atoms with Crippen LogP contribution in [-0.4, -0.2) is 0 Å². The van der Waals surface area contributed by atoms with Crippen LogP contribution in [-0.2, 0) is 13.1 Å². The molecule has 0 saturated heterocycles. The van der Waals surface area contributed by atoms with E-state index in [1.165, 1.54) is 42.9 Å².